The van der Waals surface area contributed by atoms with Crippen LogP contribution < -0.4 is 0 Å². The minimum absolute atomic E-state index is 0.0557. The Morgan fingerprint density at radius 1 is 1.00 bits per heavy atom. The van der Waals surface area contributed by atoms with Crippen LogP contribution in [0.3, 0.4) is 0 Å². The van der Waals surface area contributed by atoms with Crippen LogP contribution in [0, 0.1) is 0 Å². The zero-order valence-corrected chi connectivity index (χ0v) is 10.2. The van der Waals surface area contributed by atoms with E-state index < -0.39 is 48.6 Å². The van der Waals surface area contributed by atoms with Gasteiger partial charge in [0.15, 0.2) is 0 Å². The van der Waals surface area contributed by atoms with Crippen LogP contribution in [-0.4, -0.2) is 34.8 Å². The maximum atomic E-state index is 13.1. The van der Waals surface area contributed by atoms with Gasteiger partial charge < -0.3 is 5.11 Å². The second-order valence-corrected chi connectivity index (χ2v) is 4.14. The number of rotatable bonds is 6. The zero-order chi connectivity index (χ0) is 16.6. The van der Waals surface area contributed by atoms with Crippen molar-refractivity contribution >= 4 is 5.97 Å². The average molecular weight is 314 g/mol. The third-order valence-electron chi connectivity index (χ3n) is 2.41. The van der Waals surface area contributed by atoms with Gasteiger partial charge in [-0.25, -0.2) is 4.79 Å². The fraction of sp³-hybridized carbons (Fsp3) is 0.700. The lowest BCUT2D eigenvalue weighted by atomic mass is 9.96. The van der Waals surface area contributed by atoms with Gasteiger partial charge >= 0.3 is 29.7 Å². The van der Waals surface area contributed by atoms with Crippen molar-refractivity contribution in [3.8, 4) is 0 Å². The number of aliphatic carboxylic acids is 1. The van der Waals surface area contributed by atoms with Crippen molar-refractivity contribution in [2.24, 2.45) is 0 Å². The summed E-state index contributed by atoms with van der Waals surface area (Å²) in [5.74, 6) is -25.3. The minimum atomic E-state index is -6.35. The highest BCUT2D eigenvalue weighted by molar-refractivity contribution is 5.85. The molecular weight excluding hydrogens is 304 g/mol. The molecule has 0 heterocycles. The molecule has 2 nitrogen and oxygen atoms in total. The highest BCUT2D eigenvalue weighted by Crippen LogP contribution is 2.53. The van der Waals surface area contributed by atoms with Gasteiger partial charge in [-0.05, 0) is 6.92 Å². The molecule has 0 atom stereocenters. The first-order chi connectivity index (χ1) is 8.58. The molecule has 0 unspecified atom stereocenters. The topological polar surface area (TPSA) is 37.3 Å². The van der Waals surface area contributed by atoms with Crippen molar-refractivity contribution in [2.75, 3.05) is 0 Å². The van der Waals surface area contributed by atoms with E-state index >= 15 is 0 Å². The summed E-state index contributed by atoms with van der Waals surface area (Å²) in [7, 11) is 0. The monoisotopic (exact) mass is 314 g/mol. The van der Waals surface area contributed by atoms with Gasteiger partial charge in [-0.15, -0.1) is 0 Å². The van der Waals surface area contributed by atoms with Gasteiger partial charge in [-0.1, -0.05) is 6.08 Å². The van der Waals surface area contributed by atoms with Crippen LogP contribution in [0.2, 0.25) is 0 Å². The Bertz CT molecular complexity index is 408. The Kier molecular flexibility index (Phi) is 4.86. The largest absolute Gasteiger partial charge is 0.478 e. The molecule has 0 saturated heterocycles. The highest BCUT2D eigenvalue weighted by atomic mass is 19.4. The first kappa shape index (κ1) is 18.7. The van der Waals surface area contributed by atoms with Gasteiger partial charge in [0.2, 0.25) is 0 Å². The molecule has 0 radical (unpaired) electrons. The number of hydrogen-bond acceptors (Lipinski definition) is 1. The molecular formula is C10H10F8O2. The van der Waals surface area contributed by atoms with E-state index in [0.717, 1.165) is 6.92 Å². The van der Waals surface area contributed by atoms with E-state index in [9.17, 15) is 39.9 Å². The van der Waals surface area contributed by atoms with Crippen molar-refractivity contribution in [3.63, 3.8) is 0 Å². The maximum Gasteiger partial charge on any atom is 0.378 e. The molecule has 0 aliphatic heterocycles. The number of halogens is 8. The second kappa shape index (κ2) is 5.21. The molecule has 0 amide bonds. The molecule has 0 aromatic heterocycles. The fourth-order valence-electron chi connectivity index (χ4n) is 1.00. The molecule has 0 aliphatic carbocycles. The maximum absolute atomic E-state index is 13.1. The third kappa shape index (κ3) is 3.21. The Morgan fingerprint density at radius 2 is 1.40 bits per heavy atom. The van der Waals surface area contributed by atoms with Crippen molar-refractivity contribution in [2.45, 2.75) is 44.0 Å². The van der Waals surface area contributed by atoms with Crippen LogP contribution in [0.4, 0.5) is 35.1 Å². The summed E-state index contributed by atoms with van der Waals surface area (Å²) in [6.07, 6.45) is -2.07. The van der Waals surface area contributed by atoms with Crippen LogP contribution in [0.15, 0.2) is 11.6 Å². The van der Waals surface area contributed by atoms with Gasteiger partial charge in [-0.3, -0.25) is 0 Å². The molecule has 118 valence electrons. The summed E-state index contributed by atoms with van der Waals surface area (Å²) in [4.78, 5) is 10.3. The van der Waals surface area contributed by atoms with Gasteiger partial charge in [0.25, 0.3) is 0 Å². The highest BCUT2D eigenvalue weighted by Gasteiger charge is 2.78. The number of hydrogen-bond donors (Lipinski definition) is 1. The van der Waals surface area contributed by atoms with Gasteiger partial charge in [0.05, 0.1) is 0 Å². The van der Waals surface area contributed by atoms with Gasteiger partial charge in [-0.2, -0.15) is 35.1 Å². The van der Waals surface area contributed by atoms with E-state index in [0.29, 0.717) is 0 Å². The minimum Gasteiger partial charge on any atom is -0.478 e. The number of carboxylic acids is 1. The summed E-state index contributed by atoms with van der Waals surface area (Å²) in [6, 6.07) is 0. The fourth-order valence-corrected chi connectivity index (χ4v) is 1.00. The Morgan fingerprint density at radius 3 is 1.70 bits per heavy atom. The molecule has 0 saturated carbocycles. The van der Waals surface area contributed by atoms with Gasteiger partial charge in [0.1, 0.15) is 0 Å². The summed E-state index contributed by atoms with van der Waals surface area (Å²) in [6.45, 7) is 0.137. The lowest BCUT2D eigenvalue weighted by Crippen LogP contribution is -2.61. The predicted octanol–water partition coefficient (Wildman–Crippen LogP) is 3.97. The van der Waals surface area contributed by atoms with E-state index in [1.807, 2.05) is 0 Å². The quantitative estimate of drug-likeness (QED) is 0.595. The van der Waals surface area contributed by atoms with E-state index in [1.54, 1.807) is 0 Å². The summed E-state index contributed by atoms with van der Waals surface area (Å²) in [5.41, 5.74) is -0.813. The number of alkyl halides is 8. The normalized spacial score (nSPS) is 15.4. The Labute approximate surface area is 108 Å². The van der Waals surface area contributed by atoms with Crippen molar-refractivity contribution in [1.29, 1.82) is 0 Å². The van der Waals surface area contributed by atoms with Crippen molar-refractivity contribution in [1.82, 2.24) is 0 Å². The predicted molar refractivity (Wildman–Crippen MR) is 51.5 cm³/mol. The zero-order valence-electron chi connectivity index (χ0n) is 10.2. The average Bonchev–Trinajstić information content (AvgIpc) is 2.23. The van der Waals surface area contributed by atoms with Crippen LogP contribution >= 0.6 is 0 Å². The smallest absolute Gasteiger partial charge is 0.378 e. The summed E-state index contributed by atoms with van der Waals surface area (Å²) >= 11 is 0. The van der Waals surface area contributed by atoms with E-state index in [4.69, 9.17) is 5.11 Å². The molecule has 1 N–H and O–H groups in total. The molecule has 0 aromatic carbocycles. The van der Waals surface area contributed by atoms with Crippen LogP contribution in [-0.2, 0) is 4.79 Å². The van der Waals surface area contributed by atoms with Gasteiger partial charge in [0, 0.05) is 18.9 Å². The molecule has 10 heteroatoms. The van der Waals surface area contributed by atoms with Crippen LogP contribution in [0.25, 0.3) is 0 Å². The molecule has 0 fully saturated rings. The number of carbonyl (C=O) groups is 1. The van der Waals surface area contributed by atoms with E-state index in [2.05, 4.69) is 0 Å². The summed E-state index contributed by atoms with van der Waals surface area (Å²) < 4.78 is 102. The molecule has 20 heavy (non-hydrogen) atoms. The molecule has 0 bridgehead atoms. The first-order valence-electron chi connectivity index (χ1n) is 4.99. The lowest BCUT2D eigenvalue weighted by Gasteiger charge is -2.35. The number of carboxylic acid groups (broad SMARTS) is 1. The van der Waals surface area contributed by atoms with Crippen LogP contribution in [0.1, 0.15) is 20.3 Å². The van der Waals surface area contributed by atoms with Crippen molar-refractivity contribution < 1.29 is 45.0 Å². The molecule has 0 aromatic rings. The first-order valence-corrected chi connectivity index (χ1v) is 4.99. The Hall–Kier alpha value is -1.35. The summed E-state index contributed by atoms with van der Waals surface area (Å²) in [5, 5.41) is 8.30. The molecule has 0 spiro atoms. The molecule has 0 aliphatic rings. The van der Waals surface area contributed by atoms with Crippen LogP contribution in [0.5, 0.6) is 0 Å². The third-order valence-corrected chi connectivity index (χ3v) is 2.41. The number of allylic oxidation sites excluding steroid dienone is 1. The lowest BCUT2D eigenvalue weighted by molar-refractivity contribution is -0.361. The second-order valence-electron chi connectivity index (χ2n) is 4.14. The van der Waals surface area contributed by atoms with E-state index in [-0.39, 0.29) is 6.08 Å². The SMILES string of the molecule is CC(=CCC(F)(F)C(F)(F)C(F)(F)C(C)(F)F)C(=O)O. The standard InChI is InChI=1S/C10H10F8O2/c1-5(6(19)20)3-4-8(13,14)10(17,18)9(15,16)7(2,11)12/h3H,4H2,1-2H3,(H,19,20). The molecule has 0 rings (SSSR count). The van der Waals surface area contributed by atoms with E-state index in [1.165, 1.54) is 0 Å². The van der Waals surface area contributed by atoms with Crippen molar-refractivity contribution in [3.05, 3.63) is 11.6 Å². The Balaban J connectivity index is 5.48.